The van der Waals surface area contributed by atoms with Crippen molar-refractivity contribution >= 4 is 0 Å². The minimum absolute atomic E-state index is 0.0533. The average molecular weight is 298 g/mol. The van der Waals surface area contributed by atoms with Crippen LogP contribution in [0.4, 0.5) is 0 Å². The maximum Gasteiger partial charge on any atom is 0.115 e. The summed E-state index contributed by atoms with van der Waals surface area (Å²) in [5.41, 5.74) is 3.51. The van der Waals surface area contributed by atoms with Gasteiger partial charge in [0.15, 0.2) is 0 Å². The first-order valence-corrected chi connectivity index (χ1v) is 9.05. The van der Waals surface area contributed by atoms with E-state index in [-0.39, 0.29) is 11.5 Å². The third kappa shape index (κ3) is 1.45. The van der Waals surface area contributed by atoms with Gasteiger partial charge < -0.3 is 10.2 Å². The molecule has 0 bridgehead atoms. The fourth-order valence-electron chi connectivity index (χ4n) is 6.83. The minimum atomic E-state index is -0.0533. The second-order valence-corrected chi connectivity index (χ2v) is 8.66. The molecule has 0 heterocycles. The summed E-state index contributed by atoms with van der Waals surface area (Å²) < 4.78 is 0. The van der Waals surface area contributed by atoms with E-state index in [0.717, 1.165) is 18.8 Å². The smallest absolute Gasteiger partial charge is 0.115 e. The van der Waals surface area contributed by atoms with Crippen LogP contribution in [0.5, 0.6) is 5.75 Å². The number of phenols is 1. The van der Waals surface area contributed by atoms with Crippen molar-refractivity contribution in [3.63, 3.8) is 0 Å². The Morgan fingerprint density at radius 2 is 1.95 bits per heavy atom. The Morgan fingerprint density at radius 1 is 1.14 bits per heavy atom. The van der Waals surface area contributed by atoms with E-state index in [1.807, 2.05) is 12.1 Å². The van der Waals surface area contributed by atoms with Gasteiger partial charge in [0, 0.05) is 5.41 Å². The zero-order valence-corrected chi connectivity index (χ0v) is 13.4. The Morgan fingerprint density at radius 3 is 2.73 bits per heavy atom. The molecular weight excluding hydrogens is 272 g/mol. The fourth-order valence-corrected chi connectivity index (χ4v) is 6.83. The summed E-state index contributed by atoms with van der Waals surface area (Å²) >= 11 is 0. The monoisotopic (exact) mass is 298 g/mol. The van der Waals surface area contributed by atoms with E-state index >= 15 is 0 Å². The standard InChI is InChI=1S/C20H26O2/c1-19-7-6-15-14-5-3-13(21)10-12(14)2-4-16(15)17(19)11-18(22)20(19)8-9-20/h3,5,10,15-18,21-22H,2,4,6-9,11H2,1H3/t15?,16?,17?,18-,19+/m1/s1. The minimum Gasteiger partial charge on any atom is -0.508 e. The van der Waals surface area contributed by atoms with Gasteiger partial charge in [0.2, 0.25) is 0 Å². The summed E-state index contributed by atoms with van der Waals surface area (Å²) in [6.07, 6.45) is 8.37. The van der Waals surface area contributed by atoms with Gasteiger partial charge in [0.25, 0.3) is 0 Å². The lowest BCUT2D eigenvalue weighted by atomic mass is 9.53. The van der Waals surface area contributed by atoms with Gasteiger partial charge in [-0.1, -0.05) is 13.0 Å². The number of hydrogen-bond acceptors (Lipinski definition) is 2. The second-order valence-electron chi connectivity index (χ2n) is 8.66. The molecule has 3 saturated carbocycles. The van der Waals surface area contributed by atoms with E-state index in [2.05, 4.69) is 13.0 Å². The highest BCUT2D eigenvalue weighted by molar-refractivity contribution is 5.40. The predicted molar refractivity (Wildman–Crippen MR) is 85.8 cm³/mol. The first-order valence-electron chi connectivity index (χ1n) is 9.05. The van der Waals surface area contributed by atoms with Crippen LogP contribution in [0.25, 0.3) is 0 Å². The summed E-state index contributed by atoms with van der Waals surface area (Å²) in [7, 11) is 0. The number of fused-ring (bicyclic) bond motifs is 6. The molecular formula is C20H26O2. The van der Waals surface area contributed by atoms with Crippen LogP contribution in [-0.2, 0) is 6.42 Å². The number of aromatic hydroxyl groups is 1. The van der Waals surface area contributed by atoms with Crippen LogP contribution in [0.15, 0.2) is 18.2 Å². The normalized spacial score (nSPS) is 44.3. The topological polar surface area (TPSA) is 40.5 Å². The van der Waals surface area contributed by atoms with E-state index < -0.39 is 0 Å². The molecule has 0 amide bonds. The molecule has 5 atom stereocenters. The van der Waals surface area contributed by atoms with Crippen LogP contribution < -0.4 is 0 Å². The molecule has 2 heteroatoms. The molecule has 1 aromatic carbocycles. The molecule has 4 aliphatic rings. The highest BCUT2D eigenvalue weighted by atomic mass is 16.3. The van der Waals surface area contributed by atoms with Gasteiger partial charge in [-0.25, -0.2) is 0 Å². The summed E-state index contributed by atoms with van der Waals surface area (Å²) in [6, 6.07) is 6.01. The van der Waals surface area contributed by atoms with Crippen LogP contribution in [0, 0.1) is 22.7 Å². The van der Waals surface area contributed by atoms with Gasteiger partial charge in [-0.15, -0.1) is 0 Å². The number of aliphatic hydroxyl groups is 1. The van der Waals surface area contributed by atoms with E-state index in [4.69, 9.17) is 0 Å². The van der Waals surface area contributed by atoms with Crippen LogP contribution >= 0.6 is 0 Å². The first-order chi connectivity index (χ1) is 10.6. The summed E-state index contributed by atoms with van der Waals surface area (Å²) in [5, 5.41) is 20.5. The molecule has 0 aliphatic heterocycles. The predicted octanol–water partition coefficient (Wildman–Crippen LogP) is 4.00. The molecule has 3 unspecified atom stereocenters. The molecule has 22 heavy (non-hydrogen) atoms. The third-order valence-electron chi connectivity index (χ3n) is 8.14. The van der Waals surface area contributed by atoms with Crippen molar-refractivity contribution < 1.29 is 10.2 Å². The molecule has 0 radical (unpaired) electrons. The van der Waals surface area contributed by atoms with Gasteiger partial charge >= 0.3 is 0 Å². The molecule has 5 rings (SSSR count). The molecule has 1 aromatic rings. The summed E-state index contributed by atoms with van der Waals surface area (Å²) in [6.45, 7) is 2.49. The van der Waals surface area contributed by atoms with Crippen LogP contribution in [0.3, 0.4) is 0 Å². The van der Waals surface area contributed by atoms with Crippen LogP contribution in [-0.4, -0.2) is 16.3 Å². The quantitative estimate of drug-likeness (QED) is 0.760. The van der Waals surface area contributed by atoms with Crippen molar-refractivity contribution in [2.45, 2.75) is 63.9 Å². The van der Waals surface area contributed by atoms with Gasteiger partial charge in [-0.3, -0.25) is 0 Å². The Bertz CT molecular complexity index is 633. The Labute approximate surface area is 132 Å². The van der Waals surface area contributed by atoms with E-state index in [1.165, 1.54) is 43.2 Å². The van der Waals surface area contributed by atoms with E-state index in [1.54, 1.807) is 0 Å². The Kier molecular flexibility index (Phi) is 2.49. The zero-order valence-electron chi connectivity index (χ0n) is 13.4. The van der Waals surface area contributed by atoms with Gasteiger partial charge in [0.1, 0.15) is 5.75 Å². The lowest BCUT2D eigenvalue weighted by molar-refractivity contribution is 0.00200. The number of benzene rings is 1. The maximum absolute atomic E-state index is 10.7. The van der Waals surface area contributed by atoms with Crippen molar-refractivity contribution in [1.29, 1.82) is 0 Å². The molecule has 3 fully saturated rings. The van der Waals surface area contributed by atoms with Crippen molar-refractivity contribution in [2.24, 2.45) is 22.7 Å². The van der Waals surface area contributed by atoms with Crippen LogP contribution in [0.1, 0.15) is 62.5 Å². The highest BCUT2D eigenvalue weighted by Gasteiger charge is 2.70. The summed E-state index contributed by atoms with van der Waals surface area (Å²) in [5.74, 6) is 2.51. The average Bonchev–Trinajstić information content (AvgIpc) is 3.27. The maximum atomic E-state index is 10.7. The number of phenolic OH excluding ortho intramolecular Hbond substituents is 1. The number of aliphatic hydroxyl groups excluding tert-OH is 1. The van der Waals surface area contributed by atoms with Crippen molar-refractivity contribution in [2.75, 3.05) is 0 Å². The van der Waals surface area contributed by atoms with Crippen LogP contribution in [0.2, 0.25) is 0 Å². The van der Waals surface area contributed by atoms with Crippen molar-refractivity contribution in [1.82, 2.24) is 0 Å². The lowest BCUT2D eigenvalue weighted by Gasteiger charge is -2.51. The zero-order chi connectivity index (χ0) is 15.1. The third-order valence-corrected chi connectivity index (χ3v) is 8.14. The molecule has 4 aliphatic carbocycles. The van der Waals surface area contributed by atoms with Crippen molar-refractivity contribution in [3.05, 3.63) is 29.3 Å². The van der Waals surface area contributed by atoms with Gasteiger partial charge in [0.05, 0.1) is 6.10 Å². The molecule has 118 valence electrons. The van der Waals surface area contributed by atoms with E-state index in [0.29, 0.717) is 23.0 Å². The fraction of sp³-hybridized carbons (Fsp3) is 0.700. The number of hydrogen-bond donors (Lipinski definition) is 2. The van der Waals surface area contributed by atoms with Crippen molar-refractivity contribution in [3.8, 4) is 5.75 Å². The van der Waals surface area contributed by atoms with Gasteiger partial charge in [-0.05, 0) is 91.4 Å². The second kappa shape index (κ2) is 4.08. The Balaban J connectivity index is 1.54. The van der Waals surface area contributed by atoms with Gasteiger partial charge in [-0.2, -0.15) is 0 Å². The van der Waals surface area contributed by atoms with E-state index in [9.17, 15) is 10.2 Å². The SMILES string of the molecule is C[C@]12CCC3c4ccc(O)cc4CCC3C1C[C@@H](O)C21CC1. The first kappa shape index (κ1) is 13.4. The number of rotatable bonds is 0. The Hall–Kier alpha value is -1.02. The molecule has 2 nitrogen and oxygen atoms in total. The molecule has 2 N–H and O–H groups in total. The molecule has 0 aromatic heterocycles. The largest absolute Gasteiger partial charge is 0.508 e. The summed E-state index contributed by atoms with van der Waals surface area (Å²) in [4.78, 5) is 0. The lowest BCUT2D eigenvalue weighted by Crippen LogP contribution is -2.43. The molecule has 1 spiro atoms. The number of aryl methyl sites for hydroxylation is 1. The highest BCUT2D eigenvalue weighted by Crippen LogP contribution is 2.75. The molecule has 0 saturated heterocycles.